The van der Waals surface area contributed by atoms with E-state index in [1.165, 1.54) is 0 Å². The van der Waals surface area contributed by atoms with Crippen LogP contribution < -0.4 is 14.8 Å². The van der Waals surface area contributed by atoms with Crippen molar-refractivity contribution in [3.05, 3.63) is 53.1 Å². The number of ether oxygens (including phenoxy) is 2. The van der Waals surface area contributed by atoms with Crippen molar-refractivity contribution in [1.82, 2.24) is 4.90 Å². The number of benzene rings is 2. The molecule has 0 unspecified atom stereocenters. The number of rotatable bonds is 4. The Morgan fingerprint density at radius 2 is 1.96 bits per heavy atom. The number of hydrogen-bond donors (Lipinski definition) is 1. The van der Waals surface area contributed by atoms with Crippen LogP contribution in [0.2, 0.25) is 5.02 Å². The average molecular weight is 387 g/mol. The van der Waals surface area contributed by atoms with Crippen LogP contribution in [0.1, 0.15) is 12.0 Å². The molecule has 0 saturated carbocycles. The molecule has 2 aromatic carbocycles. The number of fused-ring (bicyclic) bond motifs is 2. The lowest BCUT2D eigenvalue weighted by Gasteiger charge is -2.23. The number of carbonyl (C=O) groups excluding carboxylic acids is 2. The van der Waals surface area contributed by atoms with E-state index in [1.54, 1.807) is 36.3 Å². The summed E-state index contributed by atoms with van der Waals surface area (Å²) in [6.45, 7) is 0.763. The Hall–Kier alpha value is -2.73. The van der Waals surface area contributed by atoms with Crippen molar-refractivity contribution >= 4 is 29.1 Å². The van der Waals surface area contributed by atoms with Crippen molar-refractivity contribution in [2.45, 2.75) is 11.8 Å². The molecule has 140 valence electrons. The normalized spacial score (nSPS) is 20.5. The van der Waals surface area contributed by atoms with Gasteiger partial charge in [-0.25, -0.2) is 0 Å². The number of anilines is 1. The Balaban J connectivity index is 1.47. The van der Waals surface area contributed by atoms with Crippen molar-refractivity contribution in [3.63, 3.8) is 0 Å². The van der Waals surface area contributed by atoms with Crippen LogP contribution in [-0.4, -0.2) is 43.5 Å². The van der Waals surface area contributed by atoms with E-state index in [4.69, 9.17) is 21.1 Å². The Kier molecular flexibility index (Phi) is 4.44. The number of methoxy groups -OCH3 is 1. The fraction of sp³-hybridized carbons (Fsp3) is 0.300. The van der Waals surface area contributed by atoms with Crippen LogP contribution in [0.15, 0.2) is 42.5 Å². The molecule has 2 amide bonds. The summed E-state index contributed by atoms with van der Waals surface area (Å²) >= 11 is 5.85. The number of nitrogens with one attached hydrogen (secondary N) is 1. The second-order valence-electron chi connectivity index (χ2n) is 6.76. The smallest absolute Gasteiger partial charge is 0.260 e. The zero-order valence-corrected chi connectivity index (χ0v) is 15.6. The Bertz CT molecular complexity index is 899. The molecule has 4 rings (SSSR count). The highest BCUT2D eigenvalue weighted by Gasteiger charge is 2.52. The minimum Gasteiger partial charge on any atom is -0.497 e. The molecular formula is C20H19ClN2O4. The molecule has 0 bridgehead atoms. The Morgan fingerprint density at radius 3 is 2.70 bits per heavy atom. The van der Waals surface area contributed by atoms with Crippen LogP contribution in [0.25, 0.3) is 0 Å². The summed E-state index contributed by atoms with van der Waals surface area (Å²) in [6.07, 6.45) is 0.575. The molecule has 7 heteroatoms. The summed E-state index contributed by atoms with van der Waals surface area (Å²) in [7, 11) is 1.59. The minimum absolute atomic E-state index is 0.0697. The van der Waals surface area contributed by atoms with E-state index in [0.717, 1.165) is 11.3 Å². The van der Waals surface area contributed by atoms with E-state index in [9.17, 15) is 9.59 Å². The SMILES string of the molecule is COc1ccc2c(c1)[C@@]1(CCN(C(=O)COc3ccc(Cl)cc3)C1)C(=O)N2. The molecule has 1 fully saturated rings. The molecule has 1 N–H and O–H groups in total. The lowest BCUT2D eigenvalue weighted by Crippen LogP contribution is -2.40. The molecule has 0 radical (unpaired) electrons. The van der Waals surface area contributed by atoms with Crippen LogP contribution in [0, 0.1) is 0 Å². The molecule has 1 spiro atoms. The van der Waals surface area contributed by atoms with E-state index < -0.39 is 5.41 Å². The van der Waals surface area contributed by atoms with Crippen LogP contribution in [0.5, 0.6) is 11.5 Å². The van der Waals surface area contributed by atoms with Gasteiger partial charge < -0.3 is 19.7 Å². The third kappa shape index (κ3) is 3.10. The Labute approximate surface area is 162 Å². The fourth-order valence-corrected chi connectivity index (χ4v) is 3.84. The summed E-state index contributed by atoms with van der Waals surface area (Å²) in [6, 6.07) is 12.4. The zero-order chi connectivity index (χ0) is 19.0. The first kappa shape index (κ1) is 17.7. The first-order chi connectivity index (χ1) is 13.0. The van der Waals surface area contributed by atoms with Gasteiger partial charge in [-0.05, 0) is 54.4 Å². The lowest BCUT2D eigenvalue weighted by molar-refractivity contribution is -0.132. The maximum atomic E-state index is 12.7. The maximum absolute atomic E-state index is 12.7. The molecule has 27 heavy (non-hydrogen) atoms. The van der Waals surface area contributed by atoms with Gasteiger partial charge in [-0.1, -0.05) is 11.6 Å². The van der Waals surface area contributed by atoms with E-state index in [-0.39, 0.29) is 18.4 Å². The van der Waals surface area contributed by atoms with Crippen LogP contribution >= 0.6 is 11.6 Å². The van der Waals surface area contributed by atoms with Gasteiger partial charge in [-0.2, -0.15) is 0 Å². The van der Waals surface area contributed by atoms with E-state index in [1.807, 2.05) is 18.2 Å². The van der Waals surface area contributed by atoms with Crippen molar-refractivity contribution in [2.24, 2.45) is 0 Å². The first-order valence-corrected chi connectivity index (χ1v) is 9.06. The molecular weight excluding hydrogens is 368 g/mol. The monoisotopic (exact) mass is 386 g/mol. The van der Waals surface area contributed by atoms with E-state index in [2.05, 4.69) is 5.32 Å². The standard InChI is InChI=1S/C20H19ClN2O4/c1-26-15-6-7-17-16(10-15)20(19(25)22-17)8-9-23(12-20)18(24)11-27-14-4-2-13(21)3-5-14/h2-7,10H,8-9,11-12H2,1H3,(H,22,25)/t20-/m0/s1. The van der Waals surface area contributed by atoms with Gasteiger partial charge in [0.05, 0.1) is 12.5 Å². The first-order valence-electron chi connectivity index (χ1n) is 8.68. The predicted molar refractivity (Wildman–Crippen MR) is 101 cm³/mol. The lowest BCUT2D eigenvalue weighted by atomic mass is 9.81. The van der Waals surface area contributed by atoms with Crippen molar-refractivity contribution < 1.29 is 19.1 Å². The molecule has 2 aliphatic rings. The highest BCUT2D eigenvalue weighted by molar-refractivity contribution is 6.30. The maximum Gasteiger partial charge on any atom is 0.260 e. The largest absolute Gasteiger partial charge is 0.497 e. The fourth-order valence-electron chi connectivity index (χ4n) is 3.71. The quantitative estimate of drug-likeness (QED) is 0.877. The van der Waals surface area contributed by atoms with Crippen LogP contribution in [0.4, 0.5) is 5.69 Å². The Morgan fingerprint density at radius 1 is 1.22 bits per heavy atom. The van der Waals surface area contributed by atoms with Crippen LogP contribution in [0.3, 0.4) is 0 Å². The van der Waals surface area contributed by atoms with Crippen molar-refractivity contribution in [2.75, 3.05) is 32.1 Å². The number of nitrogens with zero attached hydrogens (tertiary/aromatic N) is 1. The second kappa shape index (κ2) is 6.78. The van der Waals surface area contributed by atoms with Gasteiger partial charge in [0, 0.05) is 23.8 Å². The van der Waals surface area contributed by atoms with Crippen molar-refractivity contribution in [1.29, 1.82) is 0 Å². The van der Waals surface area contributed by atoms with E-state index >= 15 is 0 Å². The van der Waals surface area contributed by atoms with E-state index in [0.29, 0.717) is 36.0 Å². The number of carbonyl (C=O) groups is 2. The van der Waals surface area contributed by atoms with Crippen LogP contribution in [-0.2, 0) is 15.0 Å². The third-order valence-electron chi connectivity index (χ3n) is 5.22. The third-order valence-corrected chi connectivity index (χ3v) is 5.48. The molecule has 0 aromatic heterocycles. The van der Waals surface area contributed by atoms with Gasteiger partial charge in [0.25, 0.3) is 5.91 Å². The second-order valence-corrected chi connectivity index (χ2v) is 7.19. The van der Waals surface area contributed by atoms with Gasteiger partial charge in [0.1, 0.15) is 11.5 Å². The van der Waals surface area contributed by atoms with Gasteiger partial charge in [0.2, 0.25) is 5.91 Å². The summed E-state index contributed by atoms with van der Waals surface area (Å²) in [4.78, 5) is 27.0. The topological polar surface area (TPSA) is 67.9 Å². The molecule has 2 heterocycles. The molecule has 0 aliphatic carbocycles. The molecule has 6 nitrogen and oxygen atoms in total. The van der Waals surface area contributed by atoms with Gasteiger partial charge in [-0.15, -0.1) is 0 Å². The van der Waals surface area contributed by atoms with Gasteiger partial charge in [-0.3, -0.25) is 9.59 Å². The molecule has 2 aliphatic heterocycles. The minimum atomic E-state index is -0.722. The zero-order valence-electron chi connectivity index (χ0n) is 14.8. The summed E-state index contributed by atoms with van der Waals surface area (Å²) < 4.78 is 10.8. The molecule has 2 aromatic rings. The number of likely N-dealkylation sites (tertiary alicyclic amines) is 1. The van der Waals surface area contributed by atoms with Gasteiger partial charge >= 0.3 is 0 Å². The number of halogens is 1. The highest BCUT2D eigenvalue weighted by atomic mass is 35.5. The predicted octanol–water partition coefficient (Wildman–Crippen LogP) is 2.85. The highest BCUT2D eigenvalue weighted by Crippen LogP contribution is 2.45. The number of hydrogen-bond acceptors (Lipinski definition) is 4. The average Bonchev–Trinajstić information content (AvgIpc) is 3.24. The van der Waals surface area contributed by atoms with Crippen molar-refractivity contribution in [3.8, 4) is 11.5 Å². The summed E-state index contributed by atoms with van der Waals surface area (Å²) in [5.41, 5.74) is 0.952. The summed E-state index contributed by atoms with van der Waals surface area (Å²) in [5, 5.41) is 3.54. The summed E-state index contributed by atoms with van der Waals surface area (Å²) in [5.74, 6) is 1.06. The number of amides is 2. The molecule has 1 saturated heterocycles. The molecule has 1 atom stereocenters. The van der Waals surface area contributed by atoms with Gasteiger partial charge in [0.15, 0.2) is 6.61 Å².